The highest BCUT2D eigenvalue weighted by molar-refractivity contribution is 5.66. The third-order valence-corrected chi connectivity index (χ3v) is 5.07. The lowest BCUT2D eigenvalue weighted by atomic mass is 10.1. The molecule has 4 aromatic rings. The summed E-state index contributed by atoms with van der Waals surface area (Å²) in [4.78, 5) is 4.52. The van der Waals surface area contributed by atoms with Crippen LogP contribution in [-0.2, 0) is 19.5 Å². The molecule has 0 radical (unpaired) electrons. The van der Waals surface area contributed by atoms with Gasteiger partial charge in [0.15, 0.2) is 0 Å². The molecule has 0 unspecified atom stereocenters. The maximum atomic E-state index is 5.55. The standard InChI is InChI=1S/C25H27N5O/c1-20-5-7-22(8-6-20)11-14-25-28-24(19-31-25)18-26-23-12-9-21(10-13-23)4-2-3-16-30-17-15-27-29-30/h5-15,17,19,26H,2-4,16,18H2,1H3/b14-11+. The van der Waals surface area contributed by atoms with Crippen molar-refractivity contribution in [2.24, 2.45) is 0 Å². The van der Waals surface area contributed by atoms with E-state index in [1.54, 1.807) is 12.5 Å². The monoisotopic (exact) mass is 413 g/mol. The van der Waals surface area contributed by atoms with E-state index in [1.807, 2.05) is 23.0 Å². The lowest BCUT2D eigenvalue weighted by molar-refractivity contribution is 0.541. The van der Waals surface area contributed by atoms with Crippen molar-refractivity contribution in [1.82, 2.24) is 20.0 Å². The Labute approximate surface area is 182 Å². The smallest absolute Gasteiger partial charge is 0.218 e. The molecule has 2 aromatic carbocycles. The number of anilines is 1. The van der Waals surface area contributed by atoms with Gasteiger partial charge in [0.1, 0.15) is 6.26 Å². The molecule has 6 heteroatoms. The van der Waals surface area contributed by atoms with Gasteiger partial charge in [-0.15, -0.1) is 5.10 Å². The van der Waals surface area contributed by atoms with E-state index < -0.39 is 0 Å². The van der Waals surface area contributed by atoms with E-state index in [4.69, 9.17) is 4.42 Å². The van der Waals surface area contributed by atoms with Crippen molar-refractivity contribution in [3.63, 3.8) is 0 Å². The van der Waals surface area contributed by atoms with Crippen LogP contribution in [0.4, 0.5) is 5.69 Å². The molecule has 158 valence electrons. The molecule has 1 N–H and O–H groups in total. The summed E-state index contributed by atoms with van der Waals surface area (Å²) in [6.45, 7) is 3.62. The third-order valence-electron chi connectivity index (χ3n) is 5.07. The number of hydrogen-bond acceptors (Lipinski definition) is 5. The lowest BCUT2D eigenvalue weighted by Crippen LogP contribution is -2.00. The number of nitrogens with one attached hydrogen (secondary N) is 1. The van der Waals surface area contributed by atoms with Gasteiger partial charge in [0, 0.05) is 24.5 Å². The van der Waals surface area contributed by atoms with Crippen LogP contribution in [0.15, 0.2) is 71.6 Å². The quantitative estimate of drug-likeness (QED) is 0.354. The highest BCUT2D eigenvalue weighted by Gasteiger charge is 2.02. The maximum absolute atomic E-state index is 5.55. The molecule has 0 bridgehead atoms. The van der Waals surface area contributed by atoms with Gasteiger partial charge in [-0.2, -0.15) is 0 Å². The van der Waals surface area contributed by atoms with E-state index in [1.165, 1.54) is 11.1 Å². The van der Waals surface area contributed by atoms with Crippen molar-refractivity contribution in [3.05, 3.63) is 95.5 Å². The molecule has 0 atom stereocenters. The normalized spacial score (nSPS) is 11.3. The fourth-order valence-corrected chi connectivity index (χ4v) is 3.26. The fourth-order valence-electron chi connectivity index (χ4n) is 3.26. The molecule has 0 aliphatic rings. The topological polar surface area (TPSA) is 68.8 Å². The van der Waals surface area contributed by atoms with E-state index >= 15 is 0 Å². The maximum Gasteiger partial charge on any atom is 0.218 e. The SMILES string of the molecule is Cc1ccc(/C=C/c2nc(CNc3ccc(CCCCn4ccnn4)cc3)co2)cc1. The van der Waals surface area contributed by atoms with Crippen molar-refractivity contribution in [2.75, 3.05) is 5.32 Å². The predicted octanol–water partition coefficient (Wildman–Crippen LogP) is 5.38. The summed E-state index contributed by atoms with van der Waals surface area (Å²) in [7, 11) is 0. The number of unbranched alkanes of at least 4 members (excludes halogenated alkanes) is 1. The Kier molecular flexibility index (Phi) is 6.90. The van der Waals surface area contributed by atoms with Crippen LogP contribution < -0.4 is 5.32 Å². The van der Waals surface area contributed by atoms with Gasteiger partial charge in [-0.3, -0.25) is 4.68 Å². The second kappa shape index (κ2) is 10.4. The number of aryl methyl sites for hydroxylation is 3. The Morgan fingerprint density at radius 1 is 1.00 bits per heavy atom. The van der Waals surface area contributed by atoms with E-state index in [-0.39, 0.29) is 0 Å². The van der Waals surface area contributed by atoms with E-state index in [2.05, 4.69) is 76.1 Å². The summed E-state index contributed by atoms with van der Waals surface area (Å²) in [5.74, 6) is 0.610. The molecule has 31 heavy (non-hydrogen) atoms. The van der Waals surface area contributed by atoms with Gasteiger partial charge >= 0.3 is 0 Å². The van der Waals surface area contributed by atoms with E-state index in [0.717, 1.165) is 42.8 Å². The molecular formula is C25H27N5O. The number of oxazole rings is 1. The zero-order valence-corrected chi connectivity index (χ0v) is 17.7. The number of benzene rings is 2. The van der Waals surface area contributed by atoms with Gasteiger partial charge in [0.25, 0.3) is 0 Å². The number of hydrogen-bond donors (Lipinski definition) is 1. The summed E-state index contributed by atoms with van der Waals surface area (Å²) in [6, 6.07) is 16.9. The molecular weight excluding hydrogens is 386 g/mol. The van der Waals surface area contributed by atoms with Crippen LogP contribution in [0.25, 0.3) is 12.2 Å². The molecule has 0 aliphatic heterocycles. The van der Waals surface area contributed by atoms with E-state index in [9.17, 15) is 0 Å². The van der Waals surface area contributed by atoms with Gasteiger partial charge < -0.3 is 9.73 Å². The van der Waals surface area contributed by atoms with Gasteiger partial charge in [-0.1, -0.05) is 47.2 Å². The van der Waals surface area contributed by atoms with Crippen LogP contribution in [0.5, 0.6) is 0 Å². The first-order chi connectivity index (χ1) is 15.2. The van der Waals surface area contributed by atoms with Crippen molar-refractivity contribution >= 4 is 17.8 Å². The number of rotatable bonds is 10. The second-order valence-electron chi connectivity index (χ2n) is 7.59. The first-order valence-electron chi connectivity index (χ1n) is 10.6. The minimum absolute atomic E-state index is 0.610. The summed E-state index contributed by atoms with van der Waals surface area (Å²) >= 11 is 0. The lowest BCUT2D eigenvalue weighted by Gasteiger charge is -2.06. The Morgan fingerprint density at radius 2 is 1.84 bits per heavy atom. The minimum Gasteiger partial charge on any atom is -0.445 e. The van der Waals surface area contributed by atoms with Crippen molar-refractivity contribution in [1.29, 1.82) is 0 Å². The predicted molar refractivity (Wildman–Crippen MR) is 123 cm³/mol. The van der Waals surface area contributed by atoms with Gasteiger partial charge in [-0.25, -0.2) is 4.98 Å². The highest BCUT2D eigenvalue weighted by atomic mass is 16.3. The van der Waals surface area contributed by atoms with Crippen LogP contribution in [0.3, 0.4) is 0 Å². The zero-order valence-electron chi connectivity index (χ0n) is 17.7. The largest absolute Gasteiger partial charge is 0.445 e. The number of aromatic nitrogens is 4. The molecule has 2 aromatic heterocycles. The van der Waals surface area contributed by atoms with Crippen LogP contribution >= 0.6 is 0 Å². The molecule has 2 heterocycles. The Hall–Kier alpha value is -3.67. The van der Waals surface area contributed by atoms with Crippen LogP contribution in [0.2, 0.25) is 0 Å². The van der Waals surface area contributed by atoms with Crippen molar-refractivity contribution in [3.8, 4) is 0 Å². The Bertz CT molecular complexity index is 1080. The van der Waals surface area contributed by atoms with Crippen LogP contribution in [-0.4, -0.2) is 20.0 Å². The van der Waals surface area contributed by atoms with Crippen LogP contribution in [0.1, 0.15) is 41.1 Å². The second-order valence-corrected chi connectivity index (χ2v) is 7.59. The fraction of sp³-hybridized carbons (Fsp3) is 0.240. The molecule has 0 saturated heterocycles. The molecule has 4 rings (SSSR count). The zero-order chi connectivity index (χ0) is 21.3. The van der Waals surface area contributed by atoms with Gasteiger partial charge in [0.2, 0.25) is 5.89 Å². The van der Waals surface area contributed by atoms with Gasteiger partial charge in [0.05, 0.1) is 18.4 Å². The first kappa shape index (κ1) is 20.6. The molecule has 0 amide bonds. The summed E-state index contributed by atoms with van der Waals surface area (Å²) in [5, 5.41) is 11.2. The average Bonchev–Trinajstić information content (AvgIpc) is 3.48. The molecule has 0 saturated carbocycles. The Morgan fingerprint density at radius 3 is 2.61 bits per heavy atom. The average molecular weight is 414 g/mol. The summed E-state index contributed by atoms with van der Waals surface area (Å²) in [5.41, 5.74) is 5.67. The minimum atomic E-state index is 0.610. The molecule has 0 fully saturated rings. The van der Waals surface area contributed by atoms with Gasteiger partial charge in [-0.05, 0) is 55.5 Å². The van der Waals surface area contributed by atoms with Crippen molar-refractivity contribution < 1.29 is 4.42 Å². The van der Waals surface area contributed by atoms with Crippen molar-refractivity contribution in [2.45, 2.75) is 39.3 Å². The highest BCUT2D eigenvalue weighted by Crippen LogP contribution is 2.14. The summed E-state index contributed by atoms with van der Waals surface area (Å²) in [6.07, 6.45) is 12.5. The summed E-state index contributed by atoms with van der Waals surface area (Å²) < 4.78 is 7.43. The van der Waals surface area contributed by atoms with E-state index in [0.29, 0.717) is 12.4 Å². The third kappa shape index (κ3) is 6.40. The Balaban J connectivity index is 1.20. The van der Waals surface area contributed by atoms with Crippen LogP contribution in [0, 0.1) is 6.92 Å². The first-order valence-corrected chi connectivity index (χ1v) is 10.6. The molecule has 0 aliphatic carbocycles. The molecule has 0 spiro atoms. The number of nitrogens with zero attached hydrogens (tertiary/aromatic N) is 4. The molecule has 6 nitrogen and oxygen atoms in total.